The fraction of sp³-hybridized carbons (Fsp3) is 0.500. The summed E-state index contributed by atoms with van der Waals surface area (Å²) < 4.78 is 13.5. The molecule has 0 aromatic heterocycles. The highest BCUT2D eigenvalue weighted by molar-refractivity contribution is 9.10. The van der Waals surface area contributed by atoms with E-state index >= 15 is 0 Å². The lowest BCUT2D eigenvalue weighted by Gasteiger charge is -2.17. The molecule has 16 heavy (non-hydrogen) atoms. The van der Waals surface area contributed by atoms with E-state index in [1.165, 1.54) is 11.0 Å². The summed E-state index contributed by atoms with van der Waals surface area (Å²) in [7, 11) is 0. The number of nitrogens with one attached hydrogen (secondary N) is 1. The molecule has 2 nitrogen and oxygen atoms in total. The molecular weight excluding hydrogens is 273 g/mol. The Hall–Kier alpha value is -0.450. The summed E-state index contributed by atoms with van der Waals surface area (Å²) in [6.45, 7) is 4.90. The van der Waals surface area contributed by atoms with Gasteiger partial charge in [-0.15, -0.1) is 0 Å². The highest BCUT2D eigenvalue weighted by Crippen LogP contribution is 2.16. The Morgan fingerprint density at radius 2 is 2.12 bits per heavy atom. The summed E-state index contributed by atoms with van der Waals surface area (Å²) in [5, 5.41) is 8.95. The Kier molecular flexibility index (Phi) is 5.95. The van der Waals surface area contributed by atoms with Crippen molar-refractivity contribution in [2.45, 2.75) is 19.9 Å². The predicted octanol–water partition coefficient (Wildman–Crippen LogP) is 1.38. The maximum atomic E-state index is 13.0. The van der Waals surface area contributed by atoms with Crippen molar-refractivity contribution in [3.05, 3.63) is 34.1 Å². The standard InChI is InChI=1S/C12H17BrFNO/c1-2-5-15(6-7-16)9-10-3-4-12(14)11(13)8-10/h3-4,8,16H,2,5-7,9H2,1H3/p+1. The molecule has 1 unspecified atom stereocenters. The van der Waals surface area contributed by atoms with Gasteiger partial charge in [0.15, 0.2) is 0 Å². The Morgan fingerprint density at radius 1 is 1.38 bits per heavy atom. The normalized spacial score (nSPS) is 12.8. The smallest absolute Gasteiger partial charge is 0.137 e. The zero-order valence-corrected chi connectivity index (χ0v) is 11.1. The quantitative estimate of drug-likeness (QED) is 0.813. The second kappa shape index (κ2) is 6.99. The van der Waals surface area contributed by atoms with Gasteiger partial charge in [-0.2, -0.15) is 0 Å². The van der Waals surface area contributed by atoms with E-state index in [9.17, 15) is 4.39 Å². The number of hydrogen-bond acceptors (Lipinski definition) is 1. The highest BCUT2D eigenvalue weighted by Gasteiger charge is 2.09. The highest BCUT2D eigenvalue weighted by atomic mass is 79.9. The van der Waals surface area contributed by atoms with Gasteiger partial charge in [-0.1, -0.05) is 13.0 Å². The number of quaternary nitrogens is 1. The Bertz CT molecular complexity index is 327. The van der Waals surface area contributed by atoms with Gasteiger partial charge in [-0.05, 0) is 34.5 Å². The maximum absolute atomic E-state index is 13.0. The molecular formula is C12H18BrFNO+. The largest absolute Gasteiger partial charge is 0.391 e. The summed E-state index contributed by atoms with van der Waals surface area (Å²) in [5.41, 5.74) is 1.09. The van der Waals surface area contributed by atoms with Gasteiger partial charge in [-0.25, -0.2) is 4.39 Å². The molecule has 0 heterocycles. The molecule has 1 aromatic carbocycles. The van der Waals surface area contributed by atoms with Crippen molar-refractivity contribution in [3.63, 3.8) is 0 Å². The van der Waals surface area contributed by atoms with E-state index in [1.54, 1.807) is 6.07 Å². The van der Waals surface area contributed by atoms with Crippen LogP contribution in [-0.4, -0.2) is 24.8 Å². The van der Waals surface area contributed by atoms with Gasteiger partial charge in [0.05, 0.1) is 17.6 Å². The third-order valence-electron chi connectivity index (χ3n) is 2.51. The third kappa shape index (κ3) is 4.20. The molecule has 0 fully saturated rings. The van der Waals surface area contributed by atoms with Crippen LogP contribution in [0.25, 0.3) is 0 Å². The number of hydrogen-bond donors (Lipinski definition) is 2. The van der Waals surface area contributed by atoms with Crippen LogP contribution in [0.1, 0.15) is 18.9 Å². The van der Waals surface area contributed by atoms with E-state index in [1.807, 2.05) is 6.07 Å². The number of halogens is 2. The molecule has 0 bridgehead atoms. The Balaban J connectivity index is 2.65. The molecule has 0 amide bonds. The van der Waals surface area contributed by atoms with Gasteiger partial charge in [0, 0.05) is 5.56 Å². The van der Waals surface area contributed by atoms with E-state index in [0.717, 1.165) is 31.6 Å². The topological polar surface area (TPSA) is 24.7 Å². The van der Waals surface area contributed by atoms with Crippen LogP contribution in [-0.2, 0) is 6.54 Å². The molecule has 1 rings (SSSR count). The zero-order valence-electron chi connectivity index (χ0n) is 9.47. The van der Waals surface area contributed by atoms with E-state index in [4.69, 9.17) is 5.11 Å². The fourth-order valence-corrected chi connectivity index (χ4v) is 2.18. The average molecular weight is 291 g/mol. The molecule has 0 spiro atoms. The van der Waals surface area contributed by atoms with Crippen molar-refractivity contribution in [2.24, 2.45) is 0 Å². The van der Waals surface area contributed by atoms with Crippen LogP contribution >= 0.6 is 15.9 Å². The zero-order chi connectivity index (χ0) is 12.0. The second-order valence-corrected chi connectivity index (χ2v) is 4.75. The number of aliphatic hydroxyl groups is 1. The monoisotopic (exact) mass is 290 g/mol. The van der Waals surface area contributed by atoms with Crippen LogP contribution in [0.5, 0.6) is 0 Å². The number of rotatable bonds is 6. The molecule has 0 saturated carbocycles. The minimum atomic E-state index is -0.233. The van der Waals surface area contributed by atoms with Crippen LogP contribution in [0.3, 0.4) is 0 Å². The lowest BCUT2D eigenvalue weighted by Crippen LogP contribution is -3.11. The Labute approximate surface area is 104 Å². The first-order valence-corrected chi connectivity index (χ1v) is 6.35. The van der Waals surface area contributed by atoms with Crippen LogP contribution in [0.2, 0.25) is 0 Å². The van der Waals surface area contributed by atoms with E-state index in [2.05, 4.69) is 22.9 Å². The van der Waals surface area contributed by atoms with Crippen molar-refractivity contribution in [1.29, 1.82) is 0 Å². The lowest BCUT2D eigenvalue weighted by molar-refractivity contribution is -0.914. The van der Waals surface area contributed by atoms with Crippen LogP contribution < -0.4 is 4.90 Å². The Morgan fingerprint density at radius 3 is 2.69 bits per heavy atom. The van der Waals surface area contributed by atoms with Crippen molar-refractivity contribution >= 4 is 15.9 Å². The van der Waals surface area contributed by atoms with Gasteiger partial charge in [0.25, 0.3) is 0 Å². The van der Waals surface area contributed by atoms with Crippen LogP contribution in [0.15, 0.2) is 22.7 Å². The minimum absolute atomic E-state index is 0.192. The van der Waals surface area contributed by atoms with Crippen molar-refractivity contribution in [1.82, 2.24) is 0 Å². The molecule has 0 saturated heterocycles. The first-order valence-electron chi connectivity index (χ1n) is 5.55. The van der Waals surface area contributed by atoms with Crippen molar-refractivity contribution < 1.29 is 14.4 Å². The predicted molar refractivity (Wildman–Crippen MR) is 65.9 cm³/mol. The summed E-state index contributed by atoms with van der Waals surface area (Å²) in [6.07, 6.45) is 1.08. The molecule has 0 aliphatic rings. The van der Waals surface area contributed by atoms with Crippen molar-refractivity contribution in [2.75, 3.05) is 19.7 Å². The first-order chi connectivity index (χ1) is 7.67. The number of aliphatic hydroxyl groups excluding tert-OH is 1. The third-order valence-corrected chi connectivity index (χ3v) is 3.11. The number of benzene rings is 1. The molecule has 1 atom stereocenters. The van der Waals surface area contributed by atoms with E-state index in [-0.39, 0.29) is 12.4 Å². The van der Waals surface area contributed by atoms with Gasteiger partial charge >= 0.3 is 0 Å². The minimum Gasteiger partial charge on any atom is -0.391 e. The molecule has 2 N–H and O–H groups in total. The molecule has 4 heteroatoms. The summed E-state index contributed by atoms with van der Waals surface area (Å²) in [5.74, 6) is -0.233. The molecule has 0 aliphatic heterocycles. The first kappa shape index (κ1) is 13.6. The van der Waals surface area contributed by atoms with Gasteiger partial charge < -0.3 is 10.0 Å². The molecule has 1 aromatic rings. The van der Waals surface area contributed by atoms with Crippen LogP contribution in [0, 0.1) is 5.82 Å². The van der Waals surface area contributed by atoms with E-state index in [0.29, 0.717) is 4.47 Å². The summed E-state index contributed by atoms with van der Waals surface area (Å²) >= 11 is 3.18. The molecule has 90 valence electrons. The van der Waals surface area contributed by atoms with Crippen LogP contribution in [0.4, 0.5) is 4.39 Å². The molecule has 0 radical (unpaired) electrons. The van der Waals surface area contributed by atoms with Gasteiger partial charge in [0.2, 0.25) is 0 Å². The summed E-state index contributed by atoms with van der Waals surface area (Å²) in [6, 6.07) is 5.08. The second-order valence-electron chi connectivity index (χ2n) is 3.90. The summed E-state index contributed by atoms with van der Waals surface area (Å²) in [4.78, 5) is 1.32. The van der Waals surface area contributed by atoms with Gasteiger partial charge in [-0.3, -0.25) is 0 Å². The average Bonchev–Trinajstić information content (AvgIpc) is 2.24. The van der Waals surface area contributed by atoms with E-state index < -0.39 is 0 Å². The fourth-order valence-electron chi connectivity index (χ4n) is 1.75. The van der Waals surface area contributed by atoms with Gasteiger partial charge in [0.1, 0.15) is 18.9 Å². The van der Waals surface area contributed by atoms with Crippen molar-refractivity contribution in [3.8, 4) is 0 Å². The lowest BCUT2D eigenvalue weighted by atomic mass is 10.2. The SMILES string of the molecule is CCC[NH+](CCO)Cc1ccc(F)c(Br)c1. The maximum Gasteiger partial charge on any atom is 0.137 e. The molecule has 0 aliphatic carbocycles.